The SMILES string of the molecule is O=c1[nH]c(-n2[nH]c3c(c2=O)CCCC3)nc(O)c1-c1ccccc1. The summed E-state index contributed by atoms with van der Waals surface area (Å²) in [5.41, 5.74) is 1.54. The molecule has 3 aromatic rings. The van der Waals surface area contributed by atoms with Gasteiger partial charge in [0.25, 0.3) is 11.1 Å². The van der Waals surface area contributed by atoms with Crippen LogP contribution in [0.3, 0.4) is 0 Å². The number of fused-ring (bicyclic) bond motifs is 1. The van der Waals surface area contributed by atoms with Crippen LogP contribution >= 0.6 is 0 Å². The van der Waals surface area contributed by atoms with E-state index < -0.39 is 11.4 Å². The third-order valence-electron chi connectivity index (χ3n) is 4.34. The lowest BCUT2D eigenvalue weighted by Gasteiger charge is -2.07. The molecule has 2 aromatic heterocycles. The lowest BCUT2D eigenvalue weighted by atomic mass is 9.98. The second-order valence-electron chi connectivity index (χ2n) is 5.87. The highest BCUT2D eigenvalue weighted by Gasteiger charge is 2.21. The summed E-state index contributed by atoms with van der Waals surface area (Å²) in [4.78, 5) is 31.5. The molecule has 0 amide bonds. The lowest BCUT2D eigenvalue weighted by molar-refractivity contribution is 0.451. The van der Waals surface area contributed by atoms with Gasteiger partial charge in [0.1, 0.15) is 5.56 Å². The van der Waals surface area contributed by atoms with E-state index in [1.54, 1.807) is 24.3 Å². The van der Waals surface area contributed by atoms with Crippen LogP contribution in [-0.4, -0.2) is 24.9 Å². The maximum Gasteiger partial charge on any atom is 0.277 e. The van der Waals surface area contributed by atoms with Crippen molar-refractivity contribution in [1.29, 1.82) is 0 Å². The zero-order chi connectivity index (χ0) is 16.7. The second-order valence-corrected chi connectivity index (χ2v) is 5.87. The van der Waals surface area contributed by atoms with E-state index in [-0.39, 0.29) is 17.1 Å². The molecule has 0 saturated carbocycles. The van der Waals surface area contributed by atoms with Gasteiger partial charge in [0.05, 0.1) is 0 Å². The number of hydrogen-bond acceptors (Lipinski definition) is 4. The quantitative estimate of drug-likeness (QED) is 0.664. The molecule has 4 rings (SSSR count). The van der Waals surface area contributed by atoms with Crippen molar-refractivity contribution < 1.29 is 5.11 Å². The van der Waals surface area contributed by atoms with Crippen LogP contribution in [-0.2, 0) is 12.8 Å². The molecule has 0 fully saturated rings. The Labute approximate surface area is 136 Å². The van der Waals surface area contributed by atoms with E-state index in [0.29, 0.717) is 5.56 Å². The van der Waals surface area contributed by atoms with Crippen LogP contribution in [0.2, 0.25) is 0 Å². The predicted molar refractivity (Wildman–Crippen MR) is 88.5 cm³/mol. The molecule has 24 heavy (non-hydrogen) atoms. The molecule has 0 unspecified atom stereocenters. The average Bonchev–Trinajstić information content (AvgIpc) is 2.93. The van der Waals surface area contributed by atoms with Gasteiger partial charge in [0, 0.05) is 11.3 Å². The summed E-state index contributed by atoms with van der Waals surface area (Å²) in [7, 11) is 0. The molecule has 122 valence electrons. The standard InChI is InChI=1S/C17H16N4O3/c22-14-13(10-6-2-1-3-7-10)15(23)19-17(18-14)21-16(24)11-8-4-5-9-12(11)20-21/h1-3,6-7,20H,4-5,8-9H2,(H2,18,19,22,23). The predicted octanol–water partition coefficient (Wildman–Crippen LogP) is 1.50. The Morgan fingerprint density at radius 3 is 2.54 bits per heavy atom. The van der Waals surface area contributed by atoms with Gasteiger partial charge in [-0.3, -0.25) is 19.7 Å². The average molecular weight is 324 g/mol. The number of hydrogen-bond donors (Lipinski definition) is 3. The molecule has 2 heterocycles. The molecule has 0 aliphatic heterocycles. The zero-order valence-electron chi connectivity index (χ0n) is 12.9. The van der Waals surface area contributed by atoms with Gasteiger partial charge in [-0.1, -0.05) is 30.3 Å². The molecular weight excluding hydrogens is 308 g/mol. The number of aromatic nitrogens is 4. The number of aryl methyl sites for hydroxylation is 1. The number of aromatic hydroxyl groups is 1. The van der Waals surface area contributed by atoms with Crippen molar-refractivity contribution in [3.05, 3.63) is 62.3 Å². The first kappa shape index (κ1) is 14.5. The van der Waals surface area contributed by atoms with Gasteiger partial charge in [-0.2, -0.15) is 9.67 Å². The van der Waals surface area contributed by atoms with Crippen LogP contribution in [0.5, 0.6) is 5.88 Å². The number of benzene rings is 1. The van der Waals surface area contributed by atoms with E-state index in [1.165, 1.54) is 4.68 Å². The normalized spacial score (nSPS) is 13.7. The van der Waals surface area contributed by atoms with Crippen LogP contribution in [0, 0.1) is 0 Å². The summed E-state index contributed by atoms with van der Waals surface area (Å²) in [6.07, 6.45) is 3.52. The Morgan fingerprint density at radius 1 is 1.08 bits per heavy atom. The van der Waals surface area contributed by atoms with E-state index in [4.69, 9.17) is 0 Å². The van der Waals surface area contributed by atoms with E-state index in [9.17, 15) is 14.7 Å². The highest BCUT2D eigenvalue weighted by Crippen LogP contribution is 2.23. The van der Waals surface area contributed by atoms with Gasteiger partial charge in [-0.25, -0.2) is 0 Å². The Bertz CT molecular complexity index is 1010. The van der Waals surface area contributed by atoms with Crippen molar-refractivity contribution >= 4 is 0 Å². The fourth-order valence-corrected chi connectivity index (χ4v) is 3.16. The van der Waals surface area contributed by atoms with Gasteiger partial charge >= 0.3 is 0 Å². The summed E-state index contributed by atoms with van der Waals surface area (Å²) in [6, 6.07) is 8.78. The largest absolute Gasteiger partial charge is 0.493 e. The van der Waals surface area contributed by atoms with Crippen molar-refractivity contribution in [3.63, 3.8) is 0 Å². The van der Waals surface area contributed by atoms with Crippen LogP contribution < -0.4 is 11.1 Å². The van der Waals surface area contributed by atoms with Crippen molar-refractivity contribution in [3.8, 4) is 23.0 Å². The van der Waals surface area contributed by atoms with Gasteiger partial charge < -0.3 is 5.11 Å². The molecule has 1 aliphatic carbocycles. The highest BCUT2D eigenvalue weighted by molar-refractivity contribution is 5.67. The molecule has 7 nitrogen and oxygen atoms in total. The minimum atomic E-state index is -0.497. The van der Waals surface area contributed by atoms with Gasteiger partial charge in [-0.05, 0) is 31.2 Å². The summed E-state index contributed by atoms with van der Waals surface area (Å²) in [5.74, 6) is -0.406. The first-order valence-electron chi connectivity index (χ1n) is 7.87. The topological polar surface area (TPSA) is 104 Å². The number of nitrogens with zero attached hydrogens (tertiary/aromatic N) is 2. The van der Waals surface area contributed by atoms with Crippen molar-refractivity contribution in [2.24, 2.45) is 0 Å². The summed E-state index contributed by atoms with van der Waals surface area (Å²) in [5, 5.41) is 13.2. The number of aromatic amines is 2. The van der Waals surface area contributed by atoms with Crippen molar-refractivity contribution in [1.82, 2.24) is 19.7 Å². The molecule has 0 saturated heterocycles. The third-order valence-corrected chi connectivity index (χ3v) is 4.34. The molecular formula is C17H16N4O3. The van der Waals surface area contributed by atoms with E-state index in [0.717, 1.165) is 36.9 Å². The smallest absolute Gasteiger partial charge is 0.277 e. The number of H-pyrrole nitrogens is 2. The molecule has 0 bridgehead atoms. The number of nitrogens with one attached hydrogen (secondary N) is 2. The minimum Gasteiger partial charge on any atom is -0.493 e. The van der Waals surface area contributed by atoms with Crippen LogP contribution in [0.4, 0.5) is 0 Å². The maximum atomic E-state index is 12.5. The minimum absolute atomic E-state index is 0.00317. The molecule has 7 heteroatoms. The molecule has 0 spiro atoms. The molecule has 0 atom stereocenters. The molecule has 1 aromatic carbocycles. The molecule has 0 radical (unpaired) electrons. The third kappa shape index (κ3) is 2.25. The van der Waals surface area contributed by atoms with Gasteiger partial charge in [0.15, 0.2) is 0 Å². The fourth-order valence-electron chi connectivity index (χ4n) is 3.16. The Balaban J connectivity index is 1.86. The summed E-state index contributed by atoms with van der Waals surface area (Å²) in [6.45, 7) is 0. The summed E-state index contributed by atoms with van der Waals surface area (Å²) >= 11 is 0. The zero-order valence-corrected chi connectivity index (χ0v) is 12.9. The maximum absolute atomic E-state index is 12.5. The first-order chi connectivity index (χ1) is 11.6. The van der Waals surface area contributed by atoms with Crippen LogP contribution in [0.25, 0.3) is 17.1 Å². The molecule has 1 aliphatic rings. The Kier molecular flexibility index (Phi) is 3.34. The molecule has 3 N–H and O–H groups in total. The van der Waals surface area contributed by atoms with E-state index >= 15 is 0 Å². The second kappa shape index (κ2) is 5.52. The van der Waals surface area contributed by atoms with Crippen LogP contribution in [0.15, 0.2) is 39.9 Å². The lowest BCUT2D eigenvalue weighted by Crippen LogP contribution is -2.23. The monoisotopic (exact) mass is 324 g/mol. The van der Waals surface area contributed by atoms with Gasteiger partial charge in [0.2, 0.25) is 11.8 Å². The van der Waals surface area contributed by atoms with E-state index in [1.807, 2.05) is 6.07 Å². The Morgan fingerprint density at radius 2 is 1.83 bits per heavy atom. The van der Waals surface area contributed by atoms with Crippen molar-refractivity contribution in [2.45, 2.75) is 25.7 Å². The number of rotatable bonds is 2. The highest BCUT2D eigenvalue weighted by atomic mass is 16.3. The fraction of sp³-hybridized carbons (Fsp3) is 0.235. The first-order valence-corrected chi connectivity index (χ1v) is 7.87. The van der Waals surface area contributed by atoms with Crippen molar-refractivity contribution in [2.75, 3.05) is 0 Å². The van der Waals surface area contributed by atoms with Crippen LogP contribution in [0.1, 0.15) is 24.1 Å². The summed E-state index contributed by atoms with van der Waals surface area (Å²) < 4.78 is 1.20. The van der Waals surface area contributed by atoms with E-state index in [2.05, 4.69) is 15.1 Å². The Hall–Kier alpha value is -3.09. The van der Waals surface area contributed by atoms with Gasteiger partial charge in [-0.15, -0.1) is 0 Å².